The van der Waals surface area contributed by atoms with E-state index >= 15 is 0 Å². The number of rotatable bonds is 2. The number of benzene rings is 2. The average Bonchev–Trinajstić information content (AvgIpc) is 2.42. The summed E-state index contributed by atoms with van der Waals surface area (Å²) in [5.74, 6) is -0.565. The summed E-state index contributed by atoms with van der Waals surface area (Å²) in [6.45, 7) is 0. The third kappa shape index (κ3) is 7.59. The van der Waals surface area contributed by atoms with Crippen LogP contribution in [0.2, 0.25) is 15.1 Å². The van der Waals surface area contributed by atoms with Gasteiger partial charge in [-0.25, -0.2) is 18.4 Å². The summed E-state index contributed by atoms with van der Waals surface area (Å²) in [5, 5.41) is 16.7. The molecule has 0 aliphatic heterocycles. The van der Waals surface area contributed by atoms with Crippen LogP contribution in [0.4, 0.5) is 10.5 Å². The number of carbonyl (C=O) groups is 1. The van der Waals surface area contributed by atoms with E-state index in [1.54, 1.807) is 18.2 Å². The van der Waals surface area contributed by atoms with Crippen LogP contribution in [0.15, 0.2) is 35.2 Å². The first-order valence-electron chi connectivity index (χ1n) is 5.96. The molecular weight excluding hydrogens is 424 g/mol. The number of hydrogen-bond acceptors (Lipinski definition) is 4. The van der Waals surface area contributed by atoms with Gasteiger partial charge in [0.25, 0.3) is 0 Å². The largest absolute Gasteiger partial charge is 1.00 e. The van der Waals surface area contributed by atoms with Crippen LogP contribution in [0.5, 0.6) is 5.75 Å². The summed E-state index contributed by atoms with van der Waals surface area (Å²) in [6.07, 6.45) is 0. The molecule has 0 radical (unpaired) electrons. The molecule has 0 saturated carbocycles. The first kappa shape index (κ1) is 24.3. The van der Waals surface area contributed by atoms with Crippen LogP contribution < -0.4 is 45.7 Å². The molecule has 0 saturated heterocycles. The first-order chi connectivity index (χ1) is 11.0. The van der Waals surface area contributed by atoms with E-state index in [1.807, 2.05) is 0 Å². The van der Waals surface area contributed by atoms with Crippen molar-refractivity contribution in [2.45, 2.75) is 4.90 Å². The molecule has 0 aliphatic rings. The number of aromatic hydroxyl groups is 1. The number of urea groups is 1. The number of anilines is 1. The van der Waals surface area contributed by atoms with Crippen LogP contribution in [0, 0.1) is 6.07 Å². The number of nitrogens with two attached hydrogens (primary N) is 2. The van der Waals surface area contributed by atoms with Gasteiger partial charge in [-0.15, -0.1) is 17.7 Å². The van der Waals surface area contributed by atoms with Gasteiger partial charge < -0.3 is 16.2 Å². The third-order valence-electron chi connectivity index (χ3n) is 2.38. The summed E-state index contributed by atoms with van der Waals surface area (Å²) in [7, 11) is -3.98. The molecule has 0 atom stereocenters. The zero-order chi connectivity index (χ0) is 18.5. The maximum atomic E-state index is 10.8. The summed E-state index contributed by atoms with van der Waals surface area (Å²) in [5.41, 5.74) is 5.31. The van der Waals surface area contributed by atoms with E-state index in [1.165, 1.54) is 12.1 Å². The second-order valence-corrected chi connectivity index (χ2v) is 6.83. The smallest absolute Gasteiger partial charge is 0.533 e. The van der Waals surface area contributed by atoms with Crippen molar-refractivity contribution in [2.24, 2.45) is 10.9 Å². The van der Waals surface area contributed by atoms with Gasteiger partial charge in [0.05, 0.1) is 15.7 Å². The number of hydrogen-bond donors (Lipinski definition) is 4. The number of amides is 2. The second kappa shape index (κ2) is 10.4. The van der Waals surface area contributed by atoms with Gasteiger partial charge in [0.15, 0.2) is 10.0 Å². The van der Waals surface area contributed by atoms with Crippen LogP contribution in [-0.2, 0) is 10.0 Å². The van der Waals surface area contributed by atoms with Gasteiger partial charge in [-0.05, 0) is 17.2 Å². The van der Waals surface area contributed by atoms with Crippen molar-refractivity contribution in [1.82, 2.24) is 0 Å². The summed E-state index contributed by atoms with van der Waals surface area (Å²) >= 11 is 16.9. The number of nitrogens with one attached hydrogen (secondary N) is 1. The first-order valence-corrected chi connectivity index (χ1v) is 8.64. The van der Waals surface area contributed by atoms with Crippen molar-refractivity contribution in [3.63, 3.8) is 0 Å². The molecule has 0 bridgehead atoms. The van der Waals surface area contributed by atoms with Gasteiger partial charge in [-0.3, -0.25) is 0 Å². The van der Waals surface area contributed by atoms with Crippen LogP contribution >= 0.6 is 34.8 Å². The Kier molecular flexibility index (Phi) is 10.1. The zero-order valence-corrected chi connectivity index (χ0v) is 17.8. The molecule has 6 N–H and O–H groups in total. The molecule has 130 valence electrons. The molecule has 2 rings (SSSR count). The summed E-state index contributed by atoms with van der Waals surface area (Å²) < 4.78 is 21.6. The number of primary amides is 1. The number of halogens is 3. The Labute approximate surface area is 181 Å². The molecule has 2 aromatic rings. The maximum Gasteiger partial charge on any atom is 1.00 e. The number of sulfonamides is 1. The molecule has 7 nitrogen and oxygen atoms in total. The average molecular weight is 435 g/mol. The molecule has 0 heterocycles. The zero-order valence-electron chi connectivity index (χ0n) is 12.8. The number of phenolic OH excluding ortho intramolecular Hbond substituents is 1. The van der Waals surface area contributed by atoms with Gasteiger partial charge in [-0.2, -0.15) is 12.1 Å². The molecule has 12 heteroatoms. The van der Waals surface area contributed by atoms with Crippen molar-refractivity contribution in [1.29, 1.82) is 0 Å². The van der Waals surface area contributed by atoms with Crippen LogP contribution in [0.25, 0.3) is 0 Å². The van der Waals surface area contributed by atoms with Crippen molar-refractivity contribution < 1.29 is 47.9 Å². The maximum absolute atomic E-state index is 10.8. The van der Waals surface area contributed by atoms with Gasteiger partial charge in [0.2, 0.25) is 0 Å². The van der Waals surface area contributed by atoms with Gasteiger partial charge in [-0.1, -0.05) is 29.3 Å². The number of primary sulfonamides is 1. The molecule has 25 heavy (non-hydrogen) atoms. The van der Waals surface area contributed by atoms with E-state index < -0.39 is 26.7 Å². The molecule has 2 aromatic carbocycles. The molecule has 0 spiro atoms. The quantitative estimate of drug-likeness (QED) is 0.390. The Morgan fingerprint density at radius 2 is 1.76 bits per heavy atom. The third-order valence-corrected chi connectivity index (χ3v) is 4.60. The van der Waals surface area contributed by atoms with Crippen molar-refractivity contribution >= 4 is 56.5 Å². The summed E-state index contributed by atoms with van der Waals surface area (Å²) in [4.78, 5) is 9.95. The number of phenols is 1. The standard InChI is InChI=1S/C7H6Cl2N2O.C6H5ClNO3S.Na/c8-4-2-1-3-5(6(4)9)11-7(10)12;7-4-2-1-3-5(9)6(4)12(8,10)11;/h1-3H,(H3,10,11,12);1-2,9H,(H2,8,10,11);/q;-1;+1. The number of carbonyl (C=O) groups excluding carboxylic acids is 1. The molecular formula is C13H11Cl3N3NaO4S. The van der Waals surface area contributed by atoms with E-state index in [9.17, 15) is 13.2 Å². The van der Waals surface area contributed by atoms with Gasteiger partial charge in [0.1, 0.15) is 0 Å². The molecule has 0 aromatic heterocycles. The minimum absolute atomic E-state index is 0. The summed E-state index contributed by atoms with van der Waals surface area (Å²) in [6, 6.07) is 9.07. The van der Waals surface area contributed by atoms with E-state index in [4.69, 9.17) is 50.8 Å². The predicted octanol–water partition coefficient (Wildman–Crippen LogP) is -0.0188. The fourth-order valence-corrected chi connectivity index (χ4v) is 2.94. The minimum atomic E-state index is -3.98. The fourth-order valence-electron chi connectivity index (χ4n) is 1.45. The van der Waals surface area contributed by atoms with Crippen molar-refractivity contribution in [2.75, 3.05) is 5.32 Å². The Morgan fingerprint density at radius 1 is 1.16 bits per heavy atom. The predicted molar refractivity (Wildman–Crippen MR) is 93.0 cm³/mol. The Balaban J connectivity index is 0.000000443. The normalized spacial score (nSPS) is 10.1. The minimum Gasteiger partial charge on any atom is -0.533 e. The monoisotopic (exact) mass is 433 g/mol. The van der Waals surface area contributed by atoms with Crippen molar-refractivity contribution in [3.8, 4) is 5.75 Å². The molecule has 0 fully saturated rings. The van der Waals surface area contributed by atoms with Crippen LogP contribution in [0.1, 0.15) is 0 Å². The molecule has 2 amide bonds. The van der Waals surface area contributed by atoms with E-state index in [0.29, 0.717) is 10.7 Å². The van der Waals surface area contributed by atoms with Crippen LogP contribution in [0.3, 0.4) is 0 Å². The Morgan fingerprint density at radius 3 is 2.20 bits per heavy atom. The SMILES string of the molecule is NC(=O)Nc1cccc(Cl)c1Cl.NS(=O)(=O)c1c(O)[c-]ccc1Cl.[Na+]. The molecule has 0 aliphatic carbocycles. The topological polar surface area (TPSA) is 136 Å². The van der Waals surface area contributed by atoms with Gasteiger partial charge in [0, 0.05) is 10.6 Å². The van der Waals surface area contributed by atoms with E-state index in [-0.39, 0.29) is 39.6 Å². The van der Waals surface area contributed by atoms with Crippen molar-refractivity contribution in [3.05, 3.63) is 51.5 Å². The van der Waals surface area contributed by atoms with E-state index in [2.05, 4.69) is 11.4 Å². The Hall–Kier alpha value is -0.710. The van der Waals surface area contributed by atoms with Gasteiger partial charge >= 0.3 is 35.6 Å². The van der Waals surface area contributed by atoms with Crippen LogP contribution in [-0.4, -0.2) is 19.6 Å². The second-order valence-electron chi connectivity index (χ2n) is 4.14. The Bertz CT molecular complexity index is 845. The fraction of sp³-hybridized carbons (Fsp3) is 0. The van der Waals surface area contributed by atoms with E-state index in [0.717, 1.165) is 0 Å². The molecule has 0 unspecified atom stereocenters.